The molecule has 0 saturated carbocycles. The van der Waals surface area contributed by atoms with Crippen LogP contribution < -0.4 is 5.32 Å². The molecule has 3 rings (SSSR count). The van der Waals surface area contributed by atoms with Crippen molar-refractivity contribution in [1.82, 2.24) is 13.1 Å². The lowest BCUT2D eigenvalue weighted by molar-refractivity contribution is 0.101. The fourth-order valence-corrected chi connectivity index (χ4v) is 3.52. The molecule has 102 valence electrons. The Hall–Kier alpha value is -1.57. The summed E-state index contributed by atoms with van der Waals surface area (Å²) in [6.45, 7) is 3.33. The molecule has 3 aromatic rings. The number of hydrogen-bond acceptors (Lipinski definition) is 7. The van der Waals surface area contributed by atoms with Crippen molar-refractivity contribution in [2.24, 2.45) is 0 Å². The molecule has 0 radical (unpaired) electrons. The summed E-state index contributed by atoms with van der Waals surface area (Å²) in [6.07, 6.45) is 0. The van der Waals surface area contributed by atoms with Crippen LogP contribution in [-0.4, -0.2) is 18.9 Å². The molecule has 0 aliphatic rings. The molecule has 0 aliphatic carbocycles. The molecule has 20 heavy (non-hydrogen) atoms. The summed E-state index contributed by atoms with van der Waals surface area (Å²) in [6, 6.07) is 3.57. The average molecular weight is 325 g/mol. The highest BCUT2D eigenvalue weighted by atomic mass is 35.5. The molecule has 0 fully saturated rings. The number of aromatic nitrogens is 3. The maximum absolute atomic E-state index is 11.7. The number of benzene rings is 1. The van der Waals surface area contributed by atoms with Gasteiger partial charge in [0.25, 0.3) is 0 Å². The molecule has 0 saturated heterocycles. The van der Waals surface area contributed by atoms with Gasteiger partial charge in [-0.2, -0.15) is 13.1 Å². The number of Topliss-reactive ketones (excluding diaryl/α,β-unsaturated/α-hetero) is 1. The summed E-state index contributed by atoms with van der Waals surface area (Å²) in [5.41, 5.74) is 3.43. The van der Waals surface area contributed by atoms with Gasteiger partial charge in [-0.15, -0.1) is 0 Å². The third kappa shape index (κ3) is 2.17. The average Bonchev–Trinajstić information content (AvgIpc) is 2.99. The van der Waals surface area contributed by atoms with Crippen LogP contribution in [0.5, 0.6) is 0 Å². The maximum atomic E-state index is 11.7. The summed E-state index contributed by atoms with van der Waals surface area (Å²) >= 11 is 8.58. The van der Waals surface area contributed by atoms with Gasteiger partial charge < -0.3 is 5.32 Å². The number of nitrogens with zero attached hydrogens (tertiary/aromatic N) is 3. The third-order valence-electron chi connectivity index (χ3n) is 2.83. The highest BCUT2D eigenvalue weighted by Gasteiger charge is 2.18. The van der Waals surface area contributed by atoms with Crippen molar-refractivity contribution in [2.75, 3.05) is 5.32 Å². The quantitative estimate of drug-likeness (QED) is 0.736. The van der Waals surface area contributed by atoms with Crippen LogP contribution in [0.25, 0.3) is 11.0 Å². The summed E-state index contributed by atoms with van der Waals surface area (Å²) in [4.78, 5) is 11.7. The minimum absolute atomic E-state index is 0.0292. The molecule has 1 aromatic carbocycles. The monoisotopic (exact) mass is 324 g/mol. The minimum atomic E-state index is -0.0292. The van der Waals surface area contributed by atoms with Gasteiger partial charge in [-0.05, 0) is 37.5 Å². The number of halogens is 1. The Morgan fingerprint density at radius 1 is 1.30 bits per heavy atom. The lowest BCUT2D eigenvalue weighted by Gasteiger charge is -2.07. The van der Waals surface area contributed by atoms with E-state index in [-0.39, 0.29) is 5.78 Å². The second-order valence-electron chi connectivity index (χ2n) is 4.21. The number of ketones is 1. The van der Waals surface area contributed by atoms with E-state index in [9.17, 15) is 4.79 Å². The Kier molecular flexibility index (Phi) is 3.41. The molecule has 0 spiro atoms. The zero-order valence-corrected chi connectivity index (χ0v) is 13.0. The summed E-state index contributed by atoms with van der Waals surface area (Å²) in [5, 5.41) is 4.39. The summed E-state index contributed by atoms with van der Waals surface area (Å²) < 4.78 is 12.6. The number of rotatable bonds is 3. The van der Waals surface area contributed by atoms with Crippen LogP contribution >= 0.6 is 34.9 Å². The highest BCUT2D eigenvalue weighted by Crippen LogP contribution is 2.35. The number of carbonyl (C=O) groups is 1. The summed E-state index contributed by atoms with van der Waals surface area (Å²) in [5.74, 6) is -0.0292. The van der Waals surface area contributed by atoms with Crippen molar-refractivity contribution in [3.63, 3.8) is 0 Å². The highest BCUT2D eigenvalue weighted by molar-refractivity contribution is 7.10. The zero-order chi connectivity index (χ0) is 14.3. The van der Waals surface area contributed by atoms with Crippen LogP contribution in [0.4, 0.5) is 10.7 Å². The van der Waals surface area contributed by atoms with Gasteiger partial charge in [0.15, 0.2) is 5.78 Å². The van der Waals surface area contributed by atoms with Crippen LogP contribution in [0.2, 0.25) is 5.02 Å². The number of anilines is 2. The molecular weight excluding hydrogens is 316 g/mol. The fraction of sp³-hybridized carbons (Fsp3) is 0.167. The molecule has 0 amide bonds. The van der Waals surface area contributed by atoms with Gasteiger partial charge in [0, 0.05) is 0 Å². The molecule has 1 N–H and O–H groups in total. The van der Waals surface area contributed by atoms with E-state index >= 15 is 0 Å². The SMILES string of the molecule is CC(=O)c1c(C)nsc1Nc1c(Cl)ccc2nsnc12. The van der Waals surface area contributed by atoms with Crippen molar-refractivity contribution < 1.29 is 4.79 Å². The van der Waals surface area contributed by atoms with E-state index in [0.29, 0.717) is 32.5 Å². The lowest BCUT2D eigenvalue weighted by Crippen LogP contribution is -1.99. The van der Waals surface area contributed by atoms with Gasteiger partial charge in [-0.1, -0.05) is 11.6 Å². The molecule has 0 bridgehead atoms. The number of fused-ring (bicyclic) bond motifs is 1. The van der Waals surface area contributed by atoms with Gasteiger partial charge >= 0.3 is 0 Å². The topological polar surface area (TPSA) is 67.8 Å². The van der Waals surface area contributed by atoms with Crippen molar-refractivity contribution in [3.05, 3.63) is 28.4 Å². The molecule has 5 nitrogen and oxygen atoms in total. The maximum Gasteiger partial charge on any atom is 0.164 e. The first-order valence-electron chi connectivity index (χ1n) is 5.73. The van der Waals surface area contributed by atoms with E-state index in [0.717, 1.165) is 17.2 Å². The standard InChI is InChI=1S/C12H9ClN4OS2/c1-5-9(6(2)18)12(19-15-5)14-10-7(13)3-4-8-11(10)17-20-16-8/h3-4,14H,1-2H3. The predicted octanol–water partition coefficient (Wildman–Crippen LogP) is 4.06. The van der Waals surface area contributed by atoms with Gasteiger partial charge in [0.1, 0.15) is 16.0 Å². The van der Waals surface area contributed by atoms with E-state index in [1.54, 1.807) is 6.07 Å². The van der Waals surface area contributed by atoms with Gasteiger partial charge in [0.2, 0.25) is 0 Å². The zero-order valence-electron chi connectivity index (χ0n) is 10.6. The van der Waals surface area contributed by atoms with Crippen LogP contribution in [-0.2, 0) is 0 Å². The molecule has 0 unspecified atom stereocenters. The van der Waals surface area contributed by atoms with Crippen molar-refractivity contribution >= 4 is 62.4 Å². The van der Waals surface area contributed by atoms with Crippen LogP contribution in [0.1, 0.15) is 23.0 Å². The predicted molar refractivity (Wildman–Crippen MR) is 82.6 cm³/mol. The van der Waals surface area contributed by atoms with E-state index < -0.39 is 0 Å². The second-order valence-corrected chi connectivity index (χ2v) is 5.92. The Morgan fingerprint density at radius 3 is 2.85 bits per heavy atom. The van der Waals surface area contributed by atoms with E-state index in [1.807, 2.05) is 13.0 Å². The van der Waals surface area contributed by atoms with Crippen molar-refractivity contribution in [1.29, 1.82) is 0 Å². The van der Waals surface area contributed by atoms with Crippen molar-refractivity contribution in [2.45, 2.75) is 13.8 Å². The van der Waals surface area contributed by atoms with Gasteiger partial charge in [0.05, 0.1) is 33.7 Å². The van der Waals surface area contributed by atoms with E-state index in [2.05, 4.69) is 18.4 Å². The molecule has 2 heterocycles. The first-order valence-corrected chi connectivity index (χ1v) is 7.61. The number of carbonyl (C=O) groups excluding carboxylic acids is 1. The minimum Gasteiger partial charge on any atom is -0.342 e. The largest absolute Gasteiger partial charge is 0.342 e. The fourth-order valence-electron chi connectivity index (χ4n) is 1.93. The van der Waals surface area contributed by atoms with Crippen molar-refractivity contribution in [3.8, 4) is 0 Å². The Labute approximate surface area is 128 Å². The van der Waals surface area contributed by atoms with E-state index in [1.165, 1.54) is 18.5 Å². The third-order valence-corrected chi connectivity index (χ3v) is 4.54. The number of aryl methyl sites for hydroxylation is 1. The van der Waals surface area contributed by atoms with Crippen LogP contribution in [0, 0.1) is 6.92 Å². The van der Waals surface area contributed by atoms with Crippen LogP contribution in [0.3, 0.4) is 0 Å². The first-order chi connectivity index (χ1) is 9.58. The molecule has 0 aliphatic heterocycles. The molecular formula is C12H9ClN4OS2. The number of hydrogen-bond donors (Lipinski definition) is 1. The second kappa shape index (κ2) is 5.08. The first kappa shape index (κ1) is 13.4. The summed E-state index contributed by atoms with van der Waals surface area (Å²) in [7, 11) is 0. The normalized spacial score (nSPS) is 10.9. The molecule has 2 aromatic heterocycles. The van der Waals surface area contributed by atoms with Gasteiger partial charge in [-0.25, -0.2) is 0 Å². The molecule has 8 heteroatoms. The number of nitrogens with one attached hydrogen (secondary N) is 1. The Balaban J connectivity index is 2.12. The smallest absolute Gasteiger partial charge is 0.164 e. The lowest BCUT2D eigenvalue weighted by atomic mass is 10.2. The van der Waals surface area contributed by atoms with Gasteiger partial charge in [-0.3, -0.25) is 4.79 Å². The van der Waals surface area contributed by atoms with Crippen LogP contribution in [0.15, 0.2) is 12.1 Å². The van der Waals surface area contributed by atoms with E-state index in [4.69, 9.17) is 11.6 Å². The molecule has 0 atom stereocenters. The Bertz CT molecular complexity index is 811. The Morgan fingerprint density at radius 2 is 2.10 bits per heavy atom.